The molecule has 1 fully saturated rings. The van der Waals surface area contributed by atoms with E-state index in [1.165, 1.54) is 6.42 Å². The van der Waals surface area contributed by atoms with Crippen molar-refractivity contribution in [3.63, 3.8) is 0 Å². The van der Waals surface area contributed by atoms with Crippen molar-refractivity contribution >= 4 is 16.0 Å². The monoisotopic (exact) mass is 263 g/mol. The number of carbonyl (C=O) groups is 1. The fourth-order valence-corrected chi connectivity index (χ4v) is 4.16. The molecule has 0 spiro atoms. The molecule has 0 saturated heterocycles. The van der Waals surface area contributed by atoms with Gasteiger partial charge in [-0.3, -0.25) is 4.79 Å². The molecule has 0 amide bonds. The average molecular weight is 263 g/mol. The molecule has 0 aromatic carbocycles. The molecular weight excluding hydrogens is 242 g/mol. The van der Waals surface area contributed by atoms with Gasteiger partial charge in [0.05, 0.1) is 5.75 Å². The average Bonchev–Trinajstić information content (AvgIpc) is 2.26. The molecule has 0 aromatic heterocycles. The molecule has 0 bridgehead atoms. The smallest absolute Gasteiger partial charge is 0.318 e. The maximum atomic E-state index is 12.0. The van der Waals surface area contributed by atoms with E-state index >= 15 is 0 Å². The summed E-state index contributed by atoms with van der Waals surface area (Å²) in [6, 6.07) is 0. The zero-order valence-electron chi connectivity index (χ0n) is 10.3. The summed E-state index contributed by atoms with van der Waals surface area (Å²) in [7, 11) is -3.41. The third-order valence-electron chi connectivity index (χ3n) is 3.23. The van der Waals surface area contributed by atoms with Crippen LogP contribution in [0.25, 0.3) is 0 Å². The number of carboxylic acids is 1. The number of likely N-dealkylation sites (N-methyl/N-ethyl adjacent to an activating group) is 1. The number of hydrogen-bond donors (Lipinski definition) is 1. The molecule has 0 aliphatic heterocycles. The summed E-state index contributed by atoms with van der Waals surface area (Å²) < 4.78 is 25.1. The number of nitrogens with zero attached hydrogens (tertiary/aromatic N) is 1. The van der Waals surface area contributed by atoms with E-state index in [4.69, 9.17) is 5.11 Å². The summed E-state index contributed by atoms with van der Waals surface area (Å²) in [6.07, 6.45) is 5.26. The Kier molecular flexibility index (Phi) is 5.39. The fourth-order valence-electron chi connectivity index (χ4n) is 2.31. The van der Waals surface area contributed by atoms with Crippen molar-refractivity contribution in [1.82, 2.24) is 4.31 Å². The molecule has 1 rings (SSSR count). The van der Waals surface area contributed by atoms with E-state index in [1.807, 2.05) is 0 Å². The molecule has 6 heteroatoms. The minimum atomic E-state index is -3.41. The van der Waals surface area contributed by atoms with E-state index in [0.717, 1.165) is 30.0 Å². The summed E-state index contributed by atoms with van der Waals surface area (Å²) in [5, 5.41) is 8.68. The number of rotatable bonds is 6. The Bertz CT molecular complexity index is 346. The van der Waals surface area contributed by atoms with E-state index in [2.05, 4.69) is 0 Å². The Morgan fingerprint density at radius 2 is 1.88 bits per heavy atom. The number of hydrogen-bond acceptors (Lipinski definition) is 3. The normalized spacial score (nSPS) is 18.5. The van der Waals surface area contributed by atoms with E-state index < -0.39 is 22.5 Å². The summed E-state index contributed by atoms with van der Waals surface area (Å²) in [5.74, 6) is -0.788. The largest absolute Gasteiger partial charge is 0.480 e. The molecule has 0 unspecified atom stereocenters. The van der Waals surface area contributed by atoms with Gasteiger partial charge in [0.1, 0.15) is 6.54 Å². The first-order valence-corrected chi connectivity index (χ1v) is 7.76. The fraction of sp³-hybridized carbons (Fsp3) is 0.909. The lowest BCUT2D eigenvalue weighted by molar-refractivity contribution is -0.137. The minimum Gasteiger partial charge on any atom is -0.480 e. The van der Waals surface area contributed by atoms with Crippen molar-refractivity contribution in [2.75, 3.05) is 18.8 Å². The van der Waals surface area contributed by atoms with Crippen LogP contribution in [0.4, 0.5) is 0 Å². The van der Waals surface area contributed by atoms with Crippen LogP contribution < -0.4 is 0 Å². The summed E-state index contributed by atoms with van der Waals surface area (Å²) in [6.45, 7) is 1.47. The molecule has 0 radical (unpaired) electrons. The van der Waals surface area contributed by atoms with Gasteiger partial charge in [0.25, 0.3) is 0 Å². The van der Waals surface area contributed by atoms with Gasteiger partial charge in [0, 0.05) is 6.54 Å². The van der Waals surface area contributed by atoms with E-state index in [1.54, 1.807) is 6.92 Å². The third-order valence-corrected chi connectivity index (χ3v) is 5.30. The van der Waals surface area contributed by atoms with Crippen LogP contribution in [0, 0.1) is 5.92 Å². The van der Waals surface area contributed by atoms with Crippen molar-refractivity contribution in [1.29, 1.82) is 0 Å². The third kappa shape index (κ3) is 4.63. The van der Waals surface area contributed by atoms with Crippen LogP contribution >= 0.6 is 0 Å². The summed E-state index contributed by atoms with van der Waals surface area (Å²) in [5.41, 5.74) is 0. The lowest BCUT2D eigenvalue weighted by Crippen LogP contribution is -2.38. The maximum absolute atomic E-state index is 12.0. The lowest BCUT2D eigenvalue weighted by Gasteiger charge is -2.25. The van der Waals surface area contributed by atoms with Gasteiger partial charge in [-0.15, -0.1) is 0 Å². The Morgan fingerprint density at radius 3 is 2.35 bits per heavy atom. The molecule has 17 heavy (non-hydrogen) atoms. The van der Waals surface area contributed by atoms with Crippen molar-refractivity contribution in [3.05, 3.63) is 0 Å². The first kappa shape index (κ1) is 14.4. The molecule has 1 N–H and O–H groups in total. The van der Waals surface area contributed by atoms with Crippen molar-refractivity contribution in [3.8, 4) is 0 Å². The highest BCUT2D eigenvalue weighted by atomic mass is 32.2. The Balaban J connectivity index is 2.61. The molecule has 100 valence electrons. The number of aliphatic carboxylic acids is 1. The Morgan fingerprint density at radius 1 is 1.29 bits per heavy atom. The van der Waals surface area contributed by atoms with Crippen LogP contribution in [0.2, 0.25) is 0 Å². The summed E-state index contributed by atoms with van der Waals surface area (Å²) >= 11 is 0. The van der Waals surface area contributed by atoms with Gasteiger partial charge in [0.15, 0.2) is 0 Å². The van der Waals surface area contributed by atoms with Crippen LogP contribution in [-0.2, 0) is 14.8 Å². The van der Waals surface area contributed by atoms with Crippen LogP contribution in [0.5, 0.6) is 0 Å². The van der Waals surface area contributed by atoms with Crippen LogP contribution in [0.1, 0.15) is 39.0 Å². The van der Waals surface area contributed by atoms with Gasteiger partial charge in [-0.25, -0.2) is 8.42 Å². The molecule has 0 heterocycles. The van der Waals surface area contributed by atoms with Crippen LogP contribution in [-0.4, -0.2) is 42.6 Å². The predicted molar refractivity (Wildman–Crippen MR) is 65.2 cm³/mol. The van der Waals surface area contributed by atoms with Crippen LogP contribution in [0.15, 0.2) is 0 Å². The summed E-state index contributed by atoms with van der Waals surface area (Å²) in [4.78, 5) is 10.6. The topological polar surface area (TPSA) is 74.7 Å². The zero-order chi connectivity index (χ0) is 12.9. The van der Waals surface area contributed by atoms with Crippen molar-refractivity contribution in [2.24, 2.45) is 5.92 Å². The van der Waals surface area contributed by atoms with Crippen LogP contribution in [0.3, 0.4) is 0 Å². The van der Waals surface area contributed by atoms with Gasteiger partial charge < -0.3 is 5.11 Å². The quantitative estimate of drug-likeness (QED) is 0.784. The van der Waals surface area contributed by atoms with Gasteiger partial charge in [-0.05, 0) is 18.8 Å². The second kappa shape index (κ2) is 6.35. The van der Waals surface area contributed by atoms with E-state index in [9.17, 15) is 13.2 Å². The Hall–Kier alpha value is -0.620. The van der Waals surface area contributed by atoms with E-state index in [-0.39, 0.29) is 18.2 Å². The molecular formula is C11H21NO4S. The highest BCUT2D eigenvalue weighted by molar-refractivity contribution is 7.89. The molecule has 0 aromatic rings. The first-order valence-electron chi connectivity index (χ1n) is 6.15. The van der Waals surface area contributed by atoms with E-state index in [0.29, 0.717) is 0 Å². The van der Waals surface area contributed by atoms with Gasteiger partial charge in [0.2, 0.25) is 10.0 Å². The van der Waals surface area contributed by atoms with Crippen molar-refractivity contribution in [2.45, 2.75) is 39.0 Å². The first-order chi connectivity index (χ1) is 7.95. The predicted octanol–water partition coefficient (Wildman–Crippen LogP) is 1.30. The Labute approximate surface area is 103 Å². The molecule has 1 aliphatic carbocycles. The standard InChI is InChI=1S/C11H21NO4S/c1-2-12(8-11(13)14)17(15,16)9-10-6-4-3-5-7-10/h10H,2-9H2,1H3,(H,13,14). The second-order valence-electron chi connectivity index (χ2n) is 4.60. The second-order valence-corrected chi connectivity index (χ2v) is 6.62. The SMILES string of the molecule is CCN(CC(=O)O)S(=O)(=O)CC1CCCCC1. The molecule has 1 aliphatic rings. The highest BCUT2D eigenvalue weighted by Crippen LogP contribution is 2.25. The van der Waals surface area contributed by atoms with Gasteiger partial charge in [-0.1, -0.05) is 26.2 Å². The minimum absolute atomic E-state index is 0.105. The molecule has 1 saturated carbocycles. The number of carboxylic acid groups (broad SMARTS) is 1. The zero-order valence-corrected chi connectivity index (χ0v) is 11.1. The number of sulfonamides is 1. The highest BCUT2D eigenvalue weighted by Gasteiger charge is 2.27. The maximum Gasteiger partial charge on any atom is 0.318 e. The molecule has 5 nitrogen and oxygen atoms in total. The lowest BCUT2D eigenvalue weighted by atomic mass is 9.91. The van der Waals surface area contributed by atoms with Crippen molar-refractivity contribution < 1.29 is 18.3 Å². The van der Waals surface area contributed by atoms with Gasteiger partial charge in [-0.2, -0.15) is 4.31 Å². The molecule has 0 atom stereocenters. The van der Waals surface area contributed by atoms with Gasteiger partial charge >= 0.3 is 5.97 Å².